The predicted molar refractivity (Wildman–Crippen MR) is 136 cm³/mol. The van der Waals surface area contributed by atoms with Crippen molar-refractivity contribution in [2.45, 2.75) is 6.54 Å². The second kappa shape index (κ2) is 10.3. The fraction of sp³-hybridized carbons (Fsp3) is 0.0385. The Morgan fingerprint density at radius 1 is 0.971 bits per heavy atom. The van der Waals surface area contributed by atoms with Gasteiger partial charge in [0.15, 0.2) is 0 Å². The maximum absolute atomic E-state index is 12.7. The standard InChI is InChI=1S/C26H18Cl2N4O2/c27-19-10-11-23(22(28)13-19)31-26(34)17(14-29)12-18-15-32(24-9-5-4-8-21(18)24)16-25(33)30-20-6-2-1-3-7-20/h1-13,15H,16H2,(H,30,33)(H,31,34)/b17-12+. The van der Waals surface area contributed by atoms with Crippen LogP contribution in [0.25, 0.3) is 17.0 Å². The van der Waals surface area contributed by atoms with E-state index in [-0.39, 0.29) is 23.0 Å². The zero-order valence-corrected chi connectivity index (χ0v) is 19.3. The molecule has 4 aromatic rings. The van der Waals surface area contributed by atoms with Crippen molar-refractivity contribution in [3.05, 3.63) is 100 Å². The molecule has 0 bridgehead atoms. The Kier molecular flexibility index (Phi) is 6.98. The summed E-state index contributed by atoms with van der Waals surface area (Å²) in [5, 5.41) is 16.6. The third-order valence-electron chi connectivity index (χ3n) is 5.04. The molecule has 0 radical (unpaired) electrons. The number of benzene rings is 3. The molecule has 1 aromatic heterocycles. The van der Waals surface area contributed by atoms with Crippen molar-refractivity contribution >= 4 is 63.4 Å². The highest BCUT2D eigenvalue weighted by atomic mass is 35.5. The van der Waals surface area contributed by atoms with E-state index in [9.17, 15) is 14.9 Å². The molecule has 0 unspecified atom stereocenters. The molecule has 0 saturated carbocycles. The number of carbonyl (C=O) groups excluding carboxylic acids is 2. The van der Waals surface area contributed by atoms with Crippen LogP contribution in [-0.4, -0.2) is 16.4 Å². The fourth-order valence-corrected chi connectivity index (χ4v) is 3.94. The molecule has 6 nitrogen and oxygen atoms in total. The van der Waals surface area contributed by atoms with Crippen molar-refractivity contribution < 1.29 is 9.59 Å². The number of amides is 2. The molecule has 1 heterocycles. The Balaban J connectivity index is 1.61. The molecule has 0 fully saturated rings. The van der Waals surface area contributed by atoms with Gasteiger partial charge in [0.25, 0.3) is 5.91 Å². The van der Waals surface area contributed by atoms with E-state index in [0.29, 0.717) is 22.0 Å². The van der Waals surface area contributed by atoms with Gasteiger partial charge in [-0.15, -0.1) is 0 Å². The van der Waals surface area contributed by atoms with Crippen LogP contribution in [0.3, 0.4) is 0 Å². The Morgan fingerprint density at radius 2 is 1.71 bits per heavy atom. The Bertz CT molecular complexity index is 1450. The first-order valence-corrected chi connectivity index (χ1v) is 11.0. The first kappa shape index (κ1) is 23.1. The number of rotatable bonds is 6. The lowest BCUT2D eigenvalue weighted by Crippen LogP contribution is -2.18. The van der Waals surface area contributed by atoms with Crippen molar-refractivity contribution in [3.63, 3.8) is 0 Å². The number of aromatic nitrogens is 1. The van der Waals surface area contributed by atoms with Gasteiger partial charge in [0.2, 0.25) is 5.91 Å². The number of nitriles is 1. The third kappa shape index (κ3) is 5.29. The zero-order chi connectivity index (χ0) is 24.1. The van der Waals surface area contributed by atoms with Crippen LogP contribution in [0.2, 0.25) is 10.0 Å². The van der Waals surface area contributed by atoms with E-state index in [1.54, 1.807) is 22.9 Å². The molecule has 34 heavy (non-hydrogen) atoms. The van der Waals surface area contributed by atoms with Gasteiger partial charge >= 0.3 is 0 Å². The number of nitrogens with one attached hydrogen (secondary N) is 2. The van der Waals surface area contributed by atoms with Crippen LogP contribution >= 0.6 is 23.2 Å². The SMILES string of the molecule is N#C/C(=C\c1cn(CC(=O)Nc2ccccc2)c2ccccc12)C(=O)Nc1ccc(Cl)cc1Cl. The van der Waals surface area contributed by atoms with Gasteiger partial charge in [0.05, 0.1) is 10.7 Å². The number of halogens is 2. The third-order valence-corrected chi connectivity index (χ3v) is 5.58. The summed E-state index contributed by atoms with van der Waals surface area (Å²) in [7, 11) is 0. The summed E-state index contributed by atoms with van der Waals surface area (Å²) >= 11 is 12.0. The van der Waals surface area contributed by atoms with Crippen molar-refractivity contribution in [2.24, 2.45) is 0 Å². The normalized spacial score (nSPS) is 11.1. The molecule has 3 aromatic carbocycles. The molecule has 8 heteroatoms. The van der Waals surface area contributed by atoms with Crippen LogP contribution in [0.15, 0.2) is 84.6 Å². The maximum Gasteiger partial charge on any atom is 0.266 e. The first-order chi connectivity index (χ1) is 16.4. The summed E-state index contributed by atoms with van der Waals surface area (Å²) in [5.41, 5.74) is 2.38. The van der Waals surface area contributed by atoms with E-state index in [1.165, 1.54) is 12.1 Å². The minimum absolute atomic E-state index is 0.0672. The topological polar surface area (TPSA) is 86.9 Å². The van der Waals surface area contributed by atoms with E-state index in [1.807, 2.05) is 60.7 Å². The van der Waals surface area contributed by atoms with Crippen molar-refractivity contribution in [2.75, 3.05) is 10.6 Å². The highest BCUT2D eigenvalue weighted by molar-refractivity contribution is 6.37. The van der Waals surface area contributed by atoms with Crippen LogP contribution in [0.1, 0.15) is 5.56 Å². The minimum atomic E-state index is -0.606. The molecule has 2 N–H and O–H groups in total. The molecule has 0 spiro atoms. The number of para-hydroxylation sites is 2. The van der Waals surface area contributed by atoms with Crippen molar-refractivity contribution in [1.29, 1.82) is 5.26 Å². The molecule has 4 rings (SSSR count). The molecule has 0 aliphatic carbocycles. The van der Waals surface area contributed by atoms with E-state index < -0.39 is 5.91 Å². The number of carbonyl (C=O) groups is 2. The molecular weight excluding hydrogens is 471 g/mol. The molecule has 0 aliphatic rings. The number of hydrogen-bond acceptors (Lipinski definition) is 3. The van der Waals surface area contributed by atoms with Crippen LogP contribution in [0, 0.1) is 11.3 Å². The Labute approximate surface area is 206 Å². The molecular formula is C26H18Cl2N4O2. The molecule has 168 valence electrons. The first-order valence-electron chi connectivity index (χ1n) is 10.3. The highest BCUT2D eigenvalue weighted by Crippen LogP contribution is 2.27. The van der Waals surface area contributed by atoms with Crippen molar-refractivity contribution in [1.82, 2.24) is 4.57 Å². The lowest BCUT2D eigenvalue weighted by Gasteiger charge is -2.07. The van der Waals surface area contributed by atoms with Gasteiger partial charge in [-0.1, -0.05) is 59.6 Å². The minimum Gasteiger partial charge on any atom is -0.337 e. The van der Waals surface area contributed by atoms with Crippen LogP contribution < -0.4 is 10.6 Å². The van der Waals surface area contributed by atoms with Gasteiger partial charge in [-0.2, -0.15) is 5.26 Å². The summed E-state index contributed by atoms with van der Waals surface area (Å²) in [5.74, 6) is -0.802. The average molecular weight is 489 g/mol. The van der Waals surface area contributed by atoms with E-state index in [0.717, 1.165) is 10.9 Å². The van der Waals surface area contributed by atoms with Gasteiger partial charge in [0.1, 0.15) is 18.2 Å². The maximum atomic E-state index is 12.7. The number of anilines is 2. The van der Waals surface area contributed by atoms with Crippen LogP contribution in [0.5, 0.6) is 0 Å². The van der Waals surface area contributed by atoms with Crippen LogP contribution in [0.4, 0.5) is 11.4 Å². The number of hydrogen-bond donors (Lipinski definition) is 2. The zero-order valence-electron chi connectivity index (χ0n) is 17.8. The average Bonchev–Trinajstić information content (AvgIpc) is 3.16. The Hall–Kier alpha value is -4.05. The number of fused-ring (bicyclic) bond motifs is 1. The largest absolute Gasteiger partial charge is 0.337 e. The fourth-order valence-electron chi connectivity index (χ4n) is 3.48. The monoisotopic (exact) mass is 488 g/mol. The van der Waals surface area contributed by atoms with E-state index >= 15 is 0 Å². The molecule has 0 atom stereocenters. The second-order valence-corrected chi connectivity index (χ2v) is 8.24. The van der Waals surface area contributed by atoms with Gasteiger partial charge in [0, 0.05) is 33.4 Å². The summed E-state index contributed by atoms with van der Waals surface area (Å²) < 4.78 is 1.78. The quantitative estimate of drug-likeness (QED) is 0.252. The van der Waals surface area contributed by atoms with Gasteiger partial charge in [-0.3, -0.25) is 9.59 Å². The Morgan fingerprint density at radius 3 is 2.44 bits per heavy atom. The van der Waals surface area contributed by atoms with Crippen molar-refractivity contribution in [3.8, 4) is 6.07 Å². The summed E-state index contributed by atoms with van der Waals surface area (Å²) in [6, 6.07) is 23.2. The lowest BCUT2D eigenvalue weighted by atomic mass is 10.1. The van der Waals surface area contributed by atoms with Gasteiger partial charge in [-0.25, -0.2) is 0 Å². The second-order valence-electron chi connectivity index (χ2n) is 7.39. The van der Waals surface area contributed by atoms with Crippen LogP contribution in [-0.2, 0) is 16.1 Å². The van der Waals surface area contributed by atoms with Gasteiger partial charge in [-0.05, 0) is 42.5 Å². The molecule has 0 saturated heterocycles. The van der Waals surface area contributed by atoms with E-state index in [4.69, 9.17) is 23.2 Å². The highest BCUT2D eigenvalue weighted by Gasteiger charge is 2.15. The summed E-state index contributed by atoms with van der Waals surface area (Å²) in [4.78, 5) is 25.3. The summed E-state index contributed by atoms with van der Waals surface area (Å²) in [6.45, 7) is 0.0672. The smallest absolute Gasteiger partial charge is 0.266 e. The molecule has 0 aliphatic heterocycles. The predicted octanol–water partition coefficient (Wildman–Crippen LogP) is 6.13. The van der Waals surface area contributed by atoms with E-state index in [2.05, 4.69) is 10.6 Å². The number of nitrogens with zero attached hydrogens (tertiary/aromatic N) is 2. The molecule has 2 amide bonds. The summed E-state index contributed by atoms with van der Waals surface area (Å²) in [6.07, 6.45) is 3.24. The lowest BCUT2D eigenvalue weighted by molar-refractivity contribution is -0.116. The van der Waals surface area contributed by atoms with Gasteiger partial charge < -0.3 is 15.2 Å².